The van der Waals surface area contributed by atoms with E-state index >= 15 is 0 Å². The fourth-order valence-electron chi connectivity index (χ4n) is 9.45. The van der Waals surface area contributed by atoms with Crippen LogP contribution in [0.15, 0.2) is 72.2 Å². The van der Waals surface area contributed by atoms with Gasteiger partial charge in [0.05, 0.1) is 26.0 Å². The number of phenolic OH excluding ortho intramolecular Hbond substituents is 1. The van der Waals surface area contributed by atoms with Gasteiger partial charge in [-0.15, -0.1) is 0 Å². The van der Waals surface area contributed by atoms with E-state index in [0.29, 0.717) is 47.1 Å². The van der Waals surface area contributed by atoms with E-state index in [1.54, 1.807) is 44.3 Å². The Morgan fingerprint density at radius 1 is 0.721 bits per heavy atom. The van der Waals surface area contributed by atoms with Crippen LogP contribution in [0, 0.1) is 5.92 Å². The number of amides is 9. The van der Waals surface area contributed by atoms with E-state index in [1.165, 1.54) is 41.7 Å². The first kappa shape index (κ1) is 67.1. The van der Waals surface area contributed by atoms with Crippen LogP contribution >= 0.6 is 0 Å². The van der Waals surface area contributed by atoms with Gasteiger partial charge in [-0.2, -0.15) is 0 Å². The second kappa shape index (κ2) is 33.0. The molecule has 0 unspecified atom stereocenters. The SMILES string of the molecule is CC(C)C[C@H](NC(=O)[C@H](CCCN=C(N)N)NC(=O)[C@@H]1CCCN1C(=O)CN)C(=O)NCC(=O)N[C@@H](Cc1ccc(O)cc1)C(=O)N[C@@H](CO)C(=O)N[C@@H](Cc1c[nH]c2ccccc12)C(=O)N[C@@H](Cc1cnc[nH]1)C(=O)N[C@@H](CCC(=O)O)C(=O)O. The van der Waals surface area contributed by atoms with E-state index in [4.69, 9.17) is 17.2 Å². The molecule has 8 atom stereocenters. The number of rotatable bonds is 34. The Balaban J connectivity index is 1.33. The minimum atomic E-state index is -1.82. The number of hydrogen-bond acceptors (Lipinski definition) is 16. The smallest absolute Gasteiger partial charge is 0.326 e. The molecule has 1 fully saturated rings. The number of aliphatic hydroxyl groups is 1. The van der Waals surface area contributed by atoms with Gasteiger partial charge in [-0.3, -0.25) is 52.9 Å². The van der Waals surface area contributed by atoms with Crippen molar-refractivity contribution in [2.75, 3.05) is 32.8 Å². The molecule has 0 spiro atoms. The number of carbonyl (C=O) groups is 11. The Hall–Kier alpha value is -9.65. The van der Waals surface area contributed by atoms with Gasteiger partial charge in [0.2, 0.25) is 53.2 Å². The normalized spacial score (nSPS) is 15.3. The number of likely N-dealkylation sites (tertiary alicyclic amines) is 1. The number of H-pyrrole nitrogens is 2. The first-order chi connectivity index (χ1) is 41.0. The third kappa shape index (κ3) is 20.9. The molecular formula is C55H76N16O15. The van der Waals surface area contributed by atoms with Gasteiger partial charge in [0.1, 0.15) is 54.1 Å². The van der Waals surface area contributed by atoms with Crippen molar-refractivity contribution in [2.24, 2.45) is 28.1 Å². The highest BCUT2D eigenvalue weighted by Gasteiger charge is 2.37. The fraction of sp³-hybridized carbons (Fsp3) is 0.473. The van der Waals surface area contributed by atoms with Gasteiger partial charge in [-0.1, -0.05) is 44.2 Å². The van der Waals surface area contributed by atoms with Gasteiger partial charge in [0.25, 0.3) is 0 Å². The number of benzene rings is 2. The quantitative estimate of drug-likeness (QED) is 0.0121. The van der Waals surface area contributed by atoms with Crippen LogP contribution in [0.4, 0.5) is 0 Å². The van der Waals surface area contributed by atoms with Crippen molar-refractivity contribution in [3.05, 3.63) is 84.1 Å². The summed E-state index contributed by atoms with van der Waals surface area (Å²) in [6.45, 7) is 1.79. The lowest BCUT2D eigenvalue weighted by molar-refractivity contribution is -0.143. The zero-order valence-corrected chi connectivity index (χ0v) is 47.5. The van der Waals surface area contributed by atoms with Gasteiger partial charge in [0.15, 0.2) is 5.96 Å². The molecule has 4 aromatic rings. The summed E-state index contributed by atoms with van der Waals surface area (Å²) in [6, 6.07) is 0.958. The van der Waals surface area contributed by atoms with Crippen molar-refractivity contribution >= 4 is 82.0 Å². The van der Waals surface area contributed by atoms with Crippen LogP contribution in [-0.2, 0) is 72.0 Å². The Labute approximate surface area is 493 Å². The van der Waals surface area contributed by atoms with Crippen LogP contribution in [0.1, 0.15) is 75.6 Å². The Morgan fingerprint density at radius 3 is 1.95 bits per heavy atom. The molecule has 5 rings (SSSR count). The summed E-state index contributed by atoms with van der Waals surface area (Å²) in [5.41, 5.74) is 18.4. The first-order valence-corrected chi connectivity index (χ1v) is 27.8. The fourth-order valence-corrected chi connectivity index (χ4v) is 9.45. The molecule has 0 saturated carbocycles. The largest absolute Gasteiger partial charge is 0.508 e. The lowest BCUT2D eigenvalue weighted by Gasteiger charge is -2.27. The summed E-state index contributed by atoms with van der Waals surface area (Å²) in [7, 11) is 0. The second-order valence-electron chi connectivity index (χ2n) is 20.9. The van der Waals surface area contributed by atoms with Crippen LogP contribution in [-0.4, -0.2) is 192 Å². The number of aliphatic imine (C=N–C) groups is 1. The molecule has 9 amide bonds. The van der Waals surface area contributed by atoms with Gasteiger partial charge in [-0.05, 0) is 73.8 Å². The number of aromatic hydroxyl groups is 1. The van der Waals surface area contributed by atoms with Crippen molar-refractivity contribution in [1.29, 1.82) is 0 Å². The predicted octanol–water partition coefficient (Wildman–Crippen LogP) is -3.87. The van der Waals surface area contributed by atoms with Crippen molar-refractivity contribution in [2.45, 2.75) is 126 Å². The highest BCUT2D eigenvalue weighted by molar-refractivity contribution is 5.98. The molecule has 1 saturated heterocycles. The lowest BCUT2D eigenvalue weighted by atomic mass is 10.0. The van der Waals surface area contributed by atoms with Gasteiger partial charge >= 0.3 is 11.9 Å². The summed E-state index contributed by atoms with van der Waals surface area (Å²) in [6.07, 6.45) is 3.42. The Morgan fingerprint density at radius 2 is 1.34 bits per heavy atom. The third-order valence-corrected chi connectivity index (χ3v) is 13.8. The average molecular weight is 1200 g/mol. The molecule has 1 aliphatic heterocycles. The number of aliphatic hydroxyl groups excluding tert-OH is 1. The summed E-state index contributed by atoms with van der Waals surface area (Å²) in [5.74, 6) is -11.1. The third-order valence-electron chi connectivity index (χ3n) is 13.8. The molecule has 0 aliphatic carbocycles. The van der Waals surface area contributed by atoms with Crippen LogP contribution in [0.2, 0.25) is 0 Å². The maximum absolute atomic E-state index is 14.4. The van der Waals surface area contributed by atoms with E-state index in [0.717, 1.165) is 0 Å². The number of aromatic nitrogens is 3. The molecule has 86 heavy (non-hydrogen) atoms. The second-order valence-corrected chi connectivity index (χ2v) is 20.9. The zero-order chi connectivity index (χ0) is 63.0. The number of aromatic amines is 2. The monoisotopic (exact) mass is 1200 g/mol. The summed E-state index contributed by atoms with van der Waals surface area (Å²) >= 11 is 0. The van der Waals surface area contributed by atoms with Crippen LogP contribution < -0.4 is 59.7 Å². The standard InChI is InChI=1S/C55H76N16O15/c1-29(2)19-38(67-48(79)36(9-5-17-60-55(57)58)65-53(84)43-10-6-18-71(43)45(75)23-56)47(78)62-26-44(74)64-39(20-30-11-13-33(73)14-12-30)49(80)70-42(27-72)52(83)68-40(21-31-24-61-35-8-4-3-7-34(31)35)50(81)69-41(22-32-25-59-28-63-32)51(82)66-37(54(85)86)15-16-46(76)77/h3-4,7-8,11-14,24-25,28-29,36-43,61,72-73H,5-6,9-10,15-23,26-27,56H2,1-2H3,(H,59,63)(H,62,78)(H,64,74)(H,65,84)(H,66,82)(H,67,79)(H,68,83)(H,69,81)(H,70,80)(H,76,77)(H,85,86)(H4,57,58,60)/t36-,37-,38-,39-,40-,41-,42-,43-/m0/s1. The molecular weight excluding hydrogens is 1120 g/mol. The number of nitrogens with two attached hydrogens (primary N) is 3. The Bertz CT molecular complexity index is 3040. The first-order valence-electron chi connectivity index (χ1n) is 27.8. The maximum Gasteiger partial charge on any atom is 0.326 e. The van der Waals surface area contributed by atoms with Gasteiger partial charge in [-0.25, -0.2) is 9.78 Å². The Kier molecular flexibility index (Phi) is 25.8. The molecule has 1 aliphatic rings. The van der Waals surface area contributed by atoms with E-state index in [-0.39, 0.29) is 69.2 Å². The van der Waals surface area contributed by atoms with Crippen LogP contribution in [0.3, 0.4) is 0 Å². The number of phenols is 1. The van der Waals surface area contributed by atoms with E-state index in [9.17, 15) is 73.2 Å². The summed E-state index contributed by atoms with van der Waals surface area (Å²) in [5, 5.41) is 60.3. The molecule has 31 heteroatoms. The van der Waals surface area contributed by atoms with Crippen molar-refractivity contribution in [1.82, 2.24) is 62.4 Å². The summed E-state index contributed by atoms with van der Waals surface area (Å²) in [4.78, 5) is 163. The van der Waals surface area contributed by atoms with E-state index in [1.807, 2.05) is 0 Å². The highest BCUT2D eigenvalue weighted by atomic mass is 16.4. The number of carboxylic acids is 2. The van der Waals surface area contributed by atoms with Crippen molar-refractivity contribution in [3.63, 3.8) is 0 Å². The van der Waals surface area contributed by atoms with Crippen molar-refractivity contribution < 1.29 is 73.2 Å². The number of fused-ring (bicyclic) bond motifs is 1. The van der Waals surface area contributed by atoms with E-state index in [2.05, 4.69) is 62.5 Å². The number of para-hydroxylation sites is 1. The molecule has 2 aromatic carbocycles. The zero-order valence-electron chi connectivity index (χ0n) is 47.5. The lowest BCUT2D eigenvalue weighted by Crippen LogP contribution is -2.60. The van der Waals surface area contributed by atoms with Crippen molar-refractivity contribution in [3.8, 4) is 5.75 Å². The van der Waals surface area contributed by atoms with Crippen LogP contribution in [0.25, 0.3) is 10.9 Å². The number of hydrogen-bond donors (Lipinski definition) is 17. The number of carboxylic acid groups (broad SMARTS) is 2. The predicted molar refractivity (Wildman–Crippen MR) is 307 cm³/mol. The molecule has 466 valence electrons. The molecule has 3 heterocycles. The van der Waals surface area contributed by atoms with Gasteiger partial charge in [0, 0.05) is 67.8 Å². The van der Waals surface area contributed by atoms with Gasteiger partial charge < -0.3 is 95.0 Å². The number of carbonyl (C=O) groups excluding carboxylic acids is 9. The number of imidazole rings is 1. The summed E-state index contributed by atoms with van der Waals surface area (Å²) < 4.78 is 0. The number of guanidine groups is 1. The van der Waals surface area contributed by atoms with E-state index < -0.39 is 139 Å². The topological polar surface area (TPSA) is 503 Å². The minimum Gasteiger partial charge on any atom is -0.508 e. The molecule has 20 N–H and O–H groups in total. The molecule has 0 radical (unpaired) electrons. The number of nitrogens with one attached hydrogen (secondary N) is 10. The van der Waals surface area contributed by atoms with Crippen LogP contribution in [0.5, 0.6) is 5.75 Å². The molecule has 31 nitrogen and oxygen atoms in total. The number of aliphatic carboxylic acids is 2. The molecule has 2 aromatic heterocycles. The number of nitrogens with zero attached hydrogens (tertiary/aromatic N) is 3. The minimum absolute atomic E-state index is 0.0140. The maximum atomic E-state index is 14.4. The highest BCUT2D eigenvalue weighted by Crippen LogP contribution is 2.21. The average Bonchev–Trinajstić information content (AvgIpc) is 2.38. The molecule has 0 bridgehead atoms.